The third kappa shape index (κ3) is 6.46. The van der Waals surface area contributed by atoms with Crippen LogP contribution in [0, 0.1) is 0 Å². The minimum atomic E-state index is -1.06. The van der Waals surface area contributed by atoms with Gasteiger partial charge in [-0.2, -0.15) is 0 Å². The first-order valence-electron chi connectivity index (χ1n) is 6.40. The van der Waals surface area contributed by atoms with Crippen LogP contribution in [-0.4, -0.2) is 55.3 Å². The fourth-order valence-electron chi connectivity index (χ4n) is 1.62. The van der Waals surface area contributed by atoms with Gasteiger partial charge >= 0.3 is 5.97 Å². The summed E-state index contributed by atoms with van der Waals surface area (Å²) in [7, 11) is 1.49. The number of amides is 1. The van der Waals surface area contributed by atoms with E-state index in [1.165, 1.54) is 12.0 Å². The molecule has 1 rings (SSSR count). The summed E-state index contributed by atoms with van der Waals surface area (Å²) >= 11 is 5.92. The van der Waals surface area contributed by atoms with Crippen LogP contribution in [0.25, 0.3) is 0 Å². The Balaban J connectivity index is 2.45. The molecule has 1 N–H and O–H groups in total. The van der Waals surface area contributed by atoms with E-state index in [-0.39, 0.29) is 38.6 Å². The predicted molar refractivity (Wildman–Crippen MR) is 77.7 cm³/mol. The quantitative estimate of drug-likeness (QED) is 0.750. The molecule has 0 heterocycles. The van der Waals surface area contributed by atoms with E-state index in [1.54, 1.807) is 24.3 Å². The summed E-state index contributed by atoms with van der Waals surface area (Å²) in [5, 5.41) is 9.25. The highest BCUT2D eigenvalue weighted by atomic mass is 35.5. The largest absolute Gasteiger partial charge is 0.491 e. The summed E-state index contributed by atoms with van der Waals surface area (Å²) in [6.45, 7) is 0.290. The number of ether oxygens (including phenoxy) is 2. The number of aliphatic carboxylic acids is 1. The molecule has 1 aromatic rings. The molecule has 0 bridgehead atoms. The highest BCUT2D eigenvalue weighted by Crippen LogP contribution is 2.23. The van der Waals surface area contributed by atoms with Crippen molar-refractivity contribution in [3.05, 3.63) is 29.3 Å². The average Bonchev–Trinajstić information content (AvgIpc) is 2.45. The van der Waals surface area contributed by atoms with Gasteiger partial charge in [0, 0.05) is 13.7 Å². The lowest BCUT2D eigenvalue weighted by Crippen LogP contribution is -2.38. The summed E-state index contributed by atoms with van der Waals surface area (Å²) in [5.74, 6) is -0.873. The van der Waals surface area contributed by atoms with Crippen molar-refractivity contribution in [2.75, 3.05) is 33.4 Å². The number of para-hydroxylation sites is 1. The van der Waals surface area contributed by atoms with Crippen LogP contribution < -0.4 is 4.74 Å². The lowest BCUT2D eigenvalue weighted by atomic mass is 10.3. The zero-order chi connectivity index (χ0) is 15.7. The first kappa shape index (κ1) is 17.3. The first-order valence-corrected chi connectivity index (χ1v) is 6.78. The minimum absolute atomic E-state index is 0.0716. The SMILES string of the molecule is COCCN(CC(=O)O)C(=O)CCOc1ccccc1Cl. The van der Waals surface area contributed by atoms with Crippen LogP contribution in [0.3, 0.4) is 0 Å². The molecule has 0 unspecified atom stereocenters. The van der Waals surface area contributed by atoms with Crippen LogP contribution >= 0.6 is 11.6 Å². The van der Waals surface area contributed by atoms with Crippen LogP contribution in [0.1, 0.15) is 6.42 Å². The fraction of sp³-hybridized carbons (Fsp3) is 0.429. The van der Waals surface area contributed by atoms with Gasteiger partial charge in [0.2, 0.25) is 5.91 Å². The predicted octanol–water partition coefficient (Wildman–Crippen LogP) is 1.67. The van der Waals surface area contributed by atoms with Gasteiger partial charge in [0.1, 0.15) is 12.3 Å². The van der Waals surface area contributed by atoms with Crippen molar-refractivity contribution in [2.24, 2.45) is 0 Å². The number of methoxy groups -OCH3 is 1. The highest BCUT2D eigenvalue weighted by Gasteiger charge is 2.16. The first-order chi connectivity index (χ1) is 10.0. The maximum atomic E-state index is 12.0. The average molecular weight is 316 g/mol. The van der Waals surface area contributed by atoms with E-state index in [0.29, 0.717) is 10.8 Å². The number of rotatable bonds is 9. The van der Waals surface area contributed by atoms with Gasteiger partial charge in [0.25, 0.3) is 0 Å². The zero-order valence-corrected chi connectivity index (χ0v) is 12.5. The minimum Gasteiger partial charge on any atom is -0.491 e. The second-order valence-electron chi connectivity index (χ2n) is 4.23. The van der Waals surface area contributed by atoms with Crippen molar-refractivity contribution >= 4 is 23.5 Å². The lowest BCUT2D eigenvalue weighted by Gasteiger charge is -2.20. The van der Waals surface area contributed by atoms with E-state index >= 15 is 0 Å². The zero-order valence-electron chi connectivity index (χ0n) is 11.8. The van der Waals surface area contributed by atoms with E-state index in [2.05, 4.69) is 0 Å². The van der Waals surface area contributed by atoms with Crippen molar-refractivity contribution in [1.82, 2.24) is 4.90 Å². The van der Waals surface area contributed by atoms with Crippen molar-refractivity contribution < 1.29 is 24.2 Å². The number of carbonyl (C=O) groups excluding carboxylic acids is 1. The van der Waals surface area contributed by atoms with Crippen molar-refractivity contribution in [3.63, 3.8) is 0 Å². The maximum Gasteiger partial charge on any atom is 0.323 e. The summed E-state index contributed by atoms with van der Waals surface area (Å²) in [6.07, 6.45) is 0.0716. The van der Waals surface area contributed by atoms with Crippen molar-refractivity contribution in [3.8, 4) is 5.75 Å². The van der Waals surface area contributed by atoms with Crippen LogP contribution in [0.4, 0.5) is 0 Å². The molecule has 1 amide bonds. The van der Waals surface area contributed by atoms with E-state index in [1.807, 2.05) is 0 Å². The number of halogens is 1. The molecule has 6 nitrogen and oxygen atoms in total. The van der Waals surface area contributed by atoms with E-state index < -0.39 is 5.97 Å². The molecule has 0 aliphatic rings. The number of carboxylic acids is 1. The molecule has 21 heavy (non-hydrogen) atoms. The fourth-order valence-corrected chi connectivity index (χ4v) is 1.82. The number of benzene rings is 1. The molecule has 0 spiro atoms. The molecular formula is C14H18ClNO5. The van der Waals surface area contributed by atoms with Gasteiger partial charge < -0.3 is 19.5 Å². The standard InChI is InChI=1S/C14H18ClNO5/c1-20-9-7-16(10-14(18)19)13(17)6-8-21-12-5-3-2-4-11(12)15/h2-5H,6-10H2,1H3,(H,18,19). The Morgan fingerprint density at radius 3 is 2.62 bits per heavy atom. The van der Waals surface area contributed by atoms with Gasteiger partial charge in [-0.1, -0.05) is 23.7 Å². The van der Waals surface area contributed by atoms with Gasteiger partial charge in [-0.25, -0.2) is 0 Å². The van der Waals surface area contributed by atoms with Gasteiger partial charge in [-0.15, -0.1) is 0 Å². The molecule has 0 aromatic heterocycles. The van der Waals surface area contributed by atoms with Crippen LogP contribution in [0.2, 0.25) is 5.02 Å². The van der Waals surface area contributed by atoms with E-state index in [4.69, 9.17) is 26.2 Å². The van der Waals surface area contributed by atoms with E-state index in [9.17, 15) is 9.59 Å². The smallest absolute Gasteiger partial charge is 0.323 e. The van der Waals surface area contributed by atoms with Crippen LogP contribution in [0.15, 0.2) is 24.3 Å². The molecule has 116 valence electrons. The van der Waals surface area contributed by atoms with Crippen LogP contribution in [-0.2, 0) is 14.3 Å². The van der Waals surface area contributed by atoms with Crippen molar-refractivity contribution in [2.45, 2.75) is 6.42 Å². The molecule has 0 fully saturated rings. The summed E-state index contributed by atoms with van der Waals surface area (Å²) in [4.78, 5) is 23.9. The maximum absolute atomic E-state index is 12.0. The topological polar surface area (TPSA) is 76.1 Å². The Morgan fingerprint density at radius 1 is 1.29 bits per heavy atom. The molecule has 0 aliphatic carbocycles. The number of carbonyl (C=O) groups is 2. The third-order valence-electron chi connectivity index (χ3n) is 2.65. The van der Waals surface area contributed by atoms with Crippen LogP contribution in [0.5, 0.6) is 5.75 Å². The molecular weight excluding hydrogens is 298 g/mol. The van der Waals surface area contributed by atoms with Crippen molar-refractivity contribution in [1.29, 1.82) is 0 Å². The molecule has 0 radical (unpaired) electrons. The third-order valence-corrected chi connectivity index (χ3v) is 2.97. The van der Waals surface area contributed by atoms with E-state index in [0.717, 1.165) is 0 Å². The molecule has 0 aliphatic heterocycles. The Bertz CT molecular complexity index is 480. The second kappa shape index (κ2) is 9.20. The molecule has 7 heteroatoms. The van der Waals surface area contributed by atoms with Gasteiger partial charge in [0.15, 0.2) is 0 Å². The Morgan fingerprint density at radius 2 is 2.00 bits per heavy atom. The summed E-state index contributed by atoms with van der Waals surface area (Å²) in [5.41, 5.74) is 0. The van der Waals surface area contributed by atoms with Gasteiger partial charge in [-0.3, -0.25) is 9.59 Å². The lowest BCUT2D eigenvalue weighted by molar-refractivity contribution is -0.145. The van der Waals surface area contributed by atoms with Gasteiger partial charge in [0.05, 0.1) is 24.7 Å². The molecule has 0 saturated carbocycles. The summed E-state index contributed by atoms with van der Waals surface area (Å²) in [6, 6.07) is 6.94. The number of hydrogen-bond acceptors (Lipinski definition) is 4. The Kier molecular flexibility index (Phi) is 7.56. The number of carboxylic acid groups (broad SMARTS) is 1. The Labute approximate surface area is 128 Å². The molecule has 0 saturated heterocycles. The molecule has 1 aromatic carbocycles. The molecule has 0 atom stereocenters. The van der Waals surface area contributed by atoms with Gasteiger partial charge in [-0.05, 0) is 12.1 Å². The monoisotopic (exact) mass is 315 g/mol. The normalized spacial score (nSPS) is 10.2. The second-order valence-corrected chi connectivity index (χ2v) is 4.64. The number of hydrogen-bond donors (Lipinski definition) is 1. The number of nitrogens with zero attached hydrogens (tertiary/aromatic N) is 1. The highest BCUT2D eigenvalue weighted by molar-refractivity contribution is 6.32. The Hall–Kier alpha value is -1.79. The summed E-state index contributed by atoms with van der Waals surface area (Å²) < 4.78 is 10.3.